The molecule has 2 rings (SSSR count). The minimum absolute atomic E-state index is 0.0301. The van der Waals surface area contributed by atoms with Crippen LogP contribution in [0.2, 0.25) is 0 Å². The number of carbonyl (C=O) groups is 2. The molecule has 0 saturated carbocycles. The number of esters is 1. The number of nitrogens with one attached hydrogen (secondary N) is 1. The lowest BCUT2D eigenvalue weighted by molar-refractivity contribution is -0.138. The molecule has 0 aromatic heterocycles. The zero-order valence-corrected chi connectivity index (χ0v) is 10.6. The topological polar surface area (TPSA) is 75.6 Å². The molecular weight excluding hydrogens is 254 g/mol. The van der Waals surface area contributed by atoms with Crippen LogP contribution < -0.4 is 10.1 Å². The van der Waals surface area contributed by atoms with Gasteiger partial charge in [-0.2, -0.15) is 0 Å². The third kappa shape index (κ3) is 3.02. The number of ether oxygens (including phenoxy) is 1. The summed E-state index contributed by atoms with van der Waals surface area (Å²) in [6, 6.07) is 6.55. The molecule has 1 saturated heterocycles. The maximum atomic E-state index is 10.8. The fourth-order valence-corrected chi connectivity index (χ4v) is 2.92. The second-order valence-electron chi connectivity index (χ2n) is 3.93. The molecular formula is C12H13NO4S. The monoisotopic (exact) mass is 267 g/mol. The fourth-order valence-electron chi connectivity index (χ4n) is 1.68. The zero-order chi connectivity index (χ0) is 13.1. The molecule has 2 atom stereocenters. The molecule has 96 valence electrons. The number of carbonyl (C=O) groups excluding carboxylic acids is 1. The first-order valence-corrected chi connectivity index (χ1v) is 6.50. The highest BCUT2D eigenvalue weighted by Gasteiger charge is 2.30. The molecule has 0 aliphatic carbocycles. The normalized spacial score (nSPS) is 22.7. The Hall–Kier alpha value is -1.53. The Morgan fingerprint density at radius 1 is 1.39 bits per heavy atom. The van der Waals surface area contributed by atoms with Crippen molar-refractivity contribution in [2.75, 3.05) is 5.75 Å². The van der Waals surface area contributed by atoms with Gasteiger partial charge in [-0.1, -0.05) is 12.1 Å². The van der Waals surface area contributed by atoms with E-state index in [1.807, 2.05) is 12.1 Å². The fraction of sp³-hybridized carbons (Fsp3) is 0.333. The molecule has 18 heavy (non-hydrogen) atoms. The van der Waals surface area contributed by atoms with Crippen molar-refractivity contribution in [3.8, 4) is 5.75 Å². The van der Waals surface area contributed by atoms with Crippen molar-refractivity contribution >= 4 is 23.7 Å². The molecule has 1 aliphatic rings. The summed E-state index contributed by atoms with van der Waals surface area (Å²) in [7, 11) is 0. The van der Waals surface area contributed by atoms with E-state index >= 15 is 0 Å². The third-order valence-corrected chi connectivity index (χ3v) is 3.79. The van der Waals surface area contributed by atoms with Gasteiger partial charge in [-0.3, -0.25) is 14.9 Å². The van der Waals surface area contributed by atoms with Gasteiger partial charge in [0.25, 0.3) is 0 Å². The molecule has 6 heteroatoms. The Bertz CT molecular complexity index is 460. The van der Waals surface area contributed by atoms with Gasteiger partial charge in [0, 0.05) is 12.7 Å². The average molecular weight is 267 g/mol. The number of aliphatic carboxylic acids is 1. The minimum Gasteiger partial charge on any atom is -0.480 e. The van der Waals surface area contributed by atoms with Gasteiger partial charge < -0.3 is 9.84 Å². The van der Waals surface area contributed by atoms with Gasteiger partial charge in [-0.25, -0.2) is 0 Å². The van der Waals surface area contributed by atoms with Crippen LogP contribution in [-0.2, 0) is 9.59 Å². The van der Waals surface area contributed by atoms with E-state index in [0.29, 0.717) is 11.5 Å². The summed E-state index contributed by atoms with van der Waals surface area (Å²) in [6.45, 7) is 1.35. The molecule has 2 N–H and O–H groups in total. The number of benzene rings is 1. The molecule has 0 spiro atoms. The van der Waals surface area contributed by atoms with Crippen molar-refractivity contribution in [1.82, 2.24) is 5.32 Å². The van der Waals surface area contributed by atoms with E-state index < -0.39 is 12.0 Å². The van der Waals surface area contributed by atoms with Crippen LogP contribution in [0.25, 0.3) is 0 Å². The van der Waals surface area contributed by atoms with E-state index in [9.17, 15) is 9.59 Å². The summed E-state index contributed by atoms with van der Waals surface area (Å²) in [5, 5.41) is 11.9. The van der Waals surface area contributed by atoms with Gasteiger partial charge in [-0.15, -0.1) is 11.8 Å². The predicted molar refractivity (Wildman–Crippen MR) is 67.5 cm³/mol. The largest absolute Gasteiger partial charge is 0.480 e. The second-order valence-corrected chi connectivity index (χ2v) is 5.07. The summed E-state index contributed by atoms with van der Waals surface area (Å²) in [5.74, 6) is -0.154. The standard InChI is InChI=1S/C12H13NO4S/c1-7(14)17-9-4-2-8(3-5-9)11-13-10(6-18-11)12(15)16/h2-5,10-11,13H,6H2,1H3,(H,15,16)/t10-,11+/m0/s1. The van der Waals surface area contributed by atoms with Crippen molar-refractivity contribution in [1.29, 1.82) is 0 Å². The van der Waals surface area contributed by atoms with Crippen molar-refractivity contribution < 1.29 is 19.4 Å². The van der Waals surface area contributed by atoms with Crippen molar-refractivity contribution in [3.05, 3.63) is 29.8 Å². The Balaban J connectivity index is 2.02. The first-order chi connectivity index (χ1) is 8.56. The lowest BCUT2D eigenvalue weighted by atomic mass is 10.2. The summed E-state index contributed by atoms with van der Waals surface area (Å²) in [4.78, 5) is 21.6. The molecule has 1 aromatic rings. The second kappa shape index (κ2) is 5.41. The molecule has 0 amide bonds. The molecule has 0 unspecified atom stereocenters. The van der Waals surface area contributed by atoms with Gasteiger partial charge in [0.1, 0.15) is 11.8 Å². The van der Waals surface area contributed by atoms with Crippen molar-refractivity contribution in [2.45, 2.75) is 18.3 Å². The first kappa shape index (κ1) is 12.9. The zero-order valence-electron chi connectivity index (χ0n) is 9.75. The van der Waals surface area contributed by atoms with Gasteiger partial charge in [0.05, 0.1) is 5.37 Å². The number of thioether (sulfide) groups is 1. The number of hydrogen-bond donors (Lipinski definition) is 2. The highest BCUT2D eigenvalue weighted by Crippen LogP contribution is 2.33. The molecule has 1 heterocycles. The maximum Gasteiger partial charge on any atom is 0.321 e. The molecule has 1 aliphatic heterocycles. The smallest absolute Gasteiger partial charge is 0.321 e. The van der Waals surface area contributed by atoms with Gasteiger partial charge in [0.2, 0.25) is 0 Å². The summed E-state index contributed by atoms with van der Waals surface area (Å²) >= 11 is 1.55. The molecule has 5 nitrogen and oxygen atoms in total. The molecule has 1 fully saturated rings. The van der Waals surface area contributed by atoms with Crippen molar-refractivity contribution in [2.24, 2.45) is 0 Å². The van der Waals surface area contributed by atoms with Crippen LogP contribution in [0, 0.1) is 0 Å². The summed E-state index contributed by atoms with van der Waals surface area (Å²) in [5.41, 5.74) is 0.972. The van der Waals surface area contributed by atoms with Gasteiger partial charge in [0.15, 0.2) is 0 Å². The summed E-state index contributed by atoms with van der Waals surface area (Å²) in [6.07, 6.45) is 0. The Kier molecular flexibility index (Phi) is 3.88. The number of hydrogen-bond acceptors (Lipinski definition) is 5. The Morgan fingerprint density at radius 2 is 2.06 bits per heavy atom. The SMILES string of the molecule is CC(=O)Oc1ccc([C@@H]2N[C@H](C(=O)O)CS2)cc1. The predicted octanol–water partition coefficient (Wildman–Crippen LogP) is 1.40. The maximum absolute atomic E-state index is 10.8. The molecule has 0 bridgehead atoms. The van der Waals surface area contributed by atoms with Crippen LogP contribution in [0.3, 0.4) is 0 Å². The highest BCUT2D eigenvalue weighted by atomic mass is 32.2. The number of carboxylic acid groups (broad SMARTS) is 1. The minimum atomic E-state index is -0.832. The van der Waals surface area contributed by atoms with E-state index in [2.05, 4.69) is 5.32 Å². The molecule has 0 radical (unpaired) electrons. The Labute approximate surface area is 109 Å². The van der Waals surface area contributed by atoms with E-state index in [4.69, 9.17) is 9.84 Å². The van der Waals surface area contributed by atoms with Gasteiger partial charge >= 0.3 is 11.9 Å². The van der Waals surface area contributed by atoms with E-state index in [1.165, 1.54) is 6.92 Å². The lowest BCUT2D eigenvalue weighted by Crippen LogP contribution is -2.33. The van der Waals surface area contributed by atoms with Crippen LogP contribution in [0.15, 0.2) is 24.3 Å². The number of rotatable bonds is 3. The lowest BCUT2D eigenvalue weighted by Gasteiger charge is -2.11. The van der Waals surface area contributed by atoms with Crippen LogP contribution >= 0.6 is 11.8 Å². The van der Waals surface area contributed by atoms with Crippen LogP contribution in [0.4, 0.5) is 0 Å². The van der Waals surface area contributed by atoms with E-state index in [0.717, 1.165) is 5.56 Å². The highest BCUT2D eigenvalue weighted by molar-refractivity contribution is 7.99. The third-order valence-electron chi connectivity index (χ3n) is 2.52. The van der Waals surface area contributed by atoms with Crippen molar-refractivity contribution in [3.63, 3.8) is 0 Å². The van der Waals surface area contributed by atoms with Crippen LogP contribution in [0.1, 0.15) is 17.9 Å². The molecule has 1 aromatic carbocycles. The summed E-state index contributed by atoms with van der Waals surface area (Å²) < 4.78 is 4.93. The van der Waals surface area contributed by atoms with E-state index in [-0.39, 0.29) is 11.3 Å². The number of carboxylic acids is 1. The quantitative estimate of drug-likeness (QED) is 0.637. The van der Waals surface area contributed by atoms with Crippen LogP contribution in [-0.4, -0.2) is 28.8 Å². The van der Waals surface area contributed by atoms with Crippen LogP contribution in [0.5, 0.6) is 5.75 Å². The Morgan fingerprint density at radius 3 is 2.56 bits per heavy atom. The van der Waals surface area contributed by atoms with E-state index in [1.54, 1.807) is 23.9 Å². The average Bonchev–Trinajstić information content (AvgIpc) is 2.78. The van der Waals surface area contributed by atoms with Gasteiger partial charge in [-0.05, 0) is 17.7 Å². The first-order valence-electron chi connectivity index (χ1n) is 5.45.